The van der Waals surface area contributed by atoms with Crippen molar-refractivity contribution in [3.63, 3.8) is 0 Å². The van der Waals surface area contributed by atoms with Gasteiger partial charge in [0.05, 0.1) is 15.8 Å². The quantitative estimate of drug-likeness (QED) is 0.675. The first-order valence-electron chi connectivity index (χ1n) is 6.14. The Labute approximate surface area is 129 Å². The number of pyridine rings is 1. The van der Waals surface area contributed by atoms with Gasteiger partial charge >= 0.3 is 0 Å². The van der Waals surface area contributed by atoms with E-state index < -0.39 is 10.0 Å². The van der Waals surface area contributed by atoms with Gasteiger partial charge in [0.1, 0.15) is 11.6 Å². The molecule has 1 rings (SSSR count). The van der Waals surface area contributed by atoms with Gasteiger partial charge in [-0.15, -0.1) is 0 Å². The van der Waals surface area contributed by atoms with Gasteiger partial charge in [-0.2, -0.15) is 0 Å². The second kappa shape index (κ2) is 7.87. The molecule has 0 unspecified atom stereocenters. The SMILES string of the molecule is CCCNc1nc(NCCS(=O)(=O)NC)c(Cl)cc1Cl. The van der Waals surface area contributed by atoms with Crippen molar-refractivity contribution in [2.45, 2.75) is 13.3 Å². The molecule has 0 spiro atoms. The summed E-state index contributed by atoms with van der Waals surface area (Å²) in [5.74, 6) is 0.861. The average Bonchev–Trinajstić information content (AvgIpc) is 2.40. The van der Waals surface area contributed by atoms with Crippen molar-refractivity contribution >= 4 is 44.9 Å². The molecule has 9 heteroatoms. The fraction of sp³-hybridized carbons (Fsp3) is 0.545. The molecule has 1 aromatic heterocycles. The van der Waals surface area contributed by atoms with Crippen LogP contribution >= 0.6 is 23.2 Å². The highest BCUT2D eigenvalue weighted by molar-refractivity contribution is 7.89. The summed E-state index contributed by atoms with van der Waals surface area (Å²) in [6, 6.07) is 1.57. The van der Waals surface area contributed by atoms with Crippen molar-refractivity contribution in [2.24, 2.45) is 0 Å². The first-order chi connectivity index (χ1) is 9.39. The lowest BCUT2D eigenvalue weighted by Crippen LogP contribution is -2.26. The van der Waals surface area contributed by atoms with Gasteiger partial charge in [-0.3, -0.25) is 0 Å². The number of halogens is 2. The normalized spacial score (nSPS) is 11.4. The van der Waals surface area contributed by atoms with Crippen LogP contribution in [0.3, 0.4) is 0 Å². The predicted molar refractivity (Wildman–Crippen MR) is 84.4 cm³/mol. The van der Waals surface area contributed by atoms with Gasteiger partial charge in [0, 0.05) is 13.1 Å². The molecule has 6 nitrogen and oxygen atoms in total. The van der Waals surface area contributed by atoms with Crippen LogP contribution in [-0.2, 0) is 10.0 Å². The topological polar surface area (TPSA) is 83.1 Å². The molecule has 0 saturated heterocycles. The minimum atomic E-state index is -3.26. The Morgan fingerprint density at radius 1 is 1.15 bits per heavy atom. The van der Waals surface area contributed by atoms with Gasteiger partial charge in [0.25, 0.3) is 0 Å². The second-order valence-corrected chi connectivity index (χ2v) is 6.89. The van der Waals surface area contributed by atoms with Gasteiger partial charge in [0.2, 0.25) is 10.0 Å². The van der Waals surface area contributed by atoms with Crippen molar-refractivity contribution in [1.29, 1.82) is 0 Å². The molecule has 0 amide bonds. The fourth-order valence-corrected chi connectivity index (χ4v) is 2.43. The van der Waals surface area contributed by atoms with Crippen LogP contribution in [0.15, 0.2) is 6.07 Å². The van der Waals surface area contributed by atoms with Gasteiger partial charge < -0.3 is 10.6 Å². The zero-order valence-electron chi connectivity index (χ0n) is 11.3. The Morgan fingerprint density at radius 2 is 1.70 bits per heavy atom. The standard InChI is InChI=1S/C11H18Cl2N4O2S/c1-3-4-15-10-8(12)7-9(13)11(17-10)16-5-6-20(18,19)14-2/h7,14H,3-6H2,1-2H3,(H2,15,16,17). The largest absolute Gasteiger partial charge is 0.369 e. The Bertz CT molecular complexity index is 552. The molecule has 20 heavy (non-hydrogen) atoms. The summed E-state index contributed by atoms with van der Waals surface area (Å²) in [6.45, 7) is 2.96. The molecular formula is C11H18Cl2N4O2S. The van der Waals surface area contributed by atoms with E-state index in [1.165, 1.54) is 7.05 Å². The van der Waals surface area contributed by atoms with Crippen LogP contribution in [0.1, 0.15) is 13.3 Å². The molecule has 0 bridgehead atoms. The molecule has 0 aliphatic rings. The maximum atomic E-state index is 11.3. The van der Waals surface area contributed by atoms with E-state index in [0.29, 0.717) is 21.7 Å². The summed E-state index contributed by atoms with van der Waals surface area (Å²) in [6.07, 6.45) is 0.934. The van der Waals surface area contributed by atoms with Crippen molar-refractivity contribution in [3.8, 4) is 0 Å². The van der Waals surface area contributed by atoms with Crippen LogP contribution in [0, 0.1) is 0 Å². The molecular weight excluding hydrogens is 323 g/mol. The Morgan fingerprint density at radius 3 is 2.20 bits per heavy atom. The molecule has 0 fully saturated rings. The number of nitrogens with zero attached hydrogens (tertiary/aromatic N) is 1. The summed E-state index contributed by atoms with van der Waals surface area (Å²) in [4.78, 5) is 4.25. The molecule has 1 aromatic rings. The van der Waals surface area contributed by atoms with Crippen LogP contribution in [0.4, 0.5) is 11.6 Å². The average molecular weight is 341 g/mol. The number of sulfonamides is 1. The maximum Gasteiger partial charge on any atom is 0.213 e. The number of anilines is 2. The fourth-order valence-electron chi connectivity index (χ4n) is 1.36. The third-order valence-electron chi connectivity index (χ3n) is 2.45. The number of aromatic nitrogens is 1. The van der Waals surface area contributed by atoms with Gasteiger partial charge in [-0.25, -0.2) is 18.1 Å². The Kier molecular flexibility index (Phi) is 6.81. The zero-order chi connectivity index (χ0) is 15.2. The second-order valence-electron chi connectivity index (χ2n) is 4.03. The highest BCUT2D eigenvalue weighted by Gasteiger charge is 2.11. The van der Waals surface area contributed by atoms with E-state index in [4.69, 9.17) is 23.2 Å². The van der Waals surface area contributed by atoms with Crippen LogP contribution in [0.2, 0.25) is 10.0 Å². The molecule has 114 valence electrons. The van der Waals surface area contributed by atoms with E-state index in [0.717, 1.165) is 13.0 Å². The molecule has 0 atom stereocenters. The van der Waals surface area contributed by atoms with E-state index in [-0.39, 0.29) is 12.3 Å². The van der Waals surface area contributed by atoms with Crippen molar-refractivity contribution in [3.05, 3.63) is 16.1 Å². The number of hydrogen-bond acceptors (Lipinski definition) is 5. The first kappa shape index (κ1) is 17.3. The first-order valence-corrected chi connectivity index (χ1v) is 8.55. The molecule has 1 heterocycles. The third kappa shape index (κ3) is 5.32. The summed E-state index contributed by atoms with van der Waals surface area (Å²) in [7, 11) is -1.89. The summed E-state index contributed by atoms with van der Waals surface area (Å²) in [5, 5.41) is 6.74. The van der Waals surface area contributed by atoms with E-state index in [9.17, 15) is 8.42 Å². The Hall–Kier alpha value is -0.760. The minimum absolute atomic E-state index is 0.0676. The smallest absolute Gasteiger partial charge is 0.213 e. The third-order valence-corrected chi connectivity index (χ3v) is 4.39. The van der Waals surface area contributed by atoms with Gasteiger partial charge in [0.15, 0.2) is 0 Å². The van der Waals surface area contributed by atoms with Crippen LogP contribution < -0.4 is 15.4 Å². The highest BCUT2D eigenvalue weighted by Crippen LogP contribution is 2.29. The van der Waals surface area contributed by atoms with Crippen LogP contribution in [0.25, 0.3) is 0 Å². The van der Waals surface area contributed by atoms with E-state index >= 15 is 0 Å². The summed E-state index contributed by atoms with van der Waals surface area (Å²) >= 11 is 12.0. The molecule has 0 saturated carbocycles. The molecule has 0 radical (unpaired) electrons. The molecule has 3 N–H and O–H groups in total. The van der Waals surface area contributed by atoms with Gasteiger partial charge in [-0.1, -0.05) is 30.1 Å². The van der Waals surface area contributed by atoms with E-state index in [1.54, 1.807) is 6.07 Å². The lowest BCUT2D eigenvalue weighted by molar-refractivity contribution is 0.588. The monoisotopic (exact) mass is 340 g/mol. The van der Waals surface area contributed by atoms with E-state index in [1.807, 2.05) is 6.92 Å². The van der Waals surface area contributed by atoms with E-state index in [2.05, 4.69) is 20.3 Å². The number of rotatable bonds is 8. The minimum Gasteiger partial charge on any atom is -0.369 e. The molecule has 0 aliphatic carbocycles. The number of hydrogen-bond donors (Lipinski definition) is 3. The lowest BCUT2D eigenvalue weighted by Gasteiger charge is -2.12. The Balaban J connectivity index is 2.74. The summed E-state index contributed by atoms with van der Waals surface area (Å²) < 4.78 is 24.8. The predicted octanol–water partition coefficient (Wildman–Crippen LogP) is 2.17. The van der Waals surface area contributed by atoms with Gasteiger partial charge in [-0.05, 0) is 19.5 Å². The van der Waals surface area contributed by atoms with Crippen molar-refractivity contribution in [2.75, 3.05) is 36.5 Å². The van der Waals surface area contributed by atoms with Crippen LogP contribution in [-0.4, -0.2) is 39.3 Å². The number of nitrogens with one attached hydrogen (secondary N) is 3. The summed E-state index contributed by atoms with van der Waals surface area (Å²) in [5.41, 5.74) is 0. The van der Waals surface area contributed by atoms with Crippen molar-refractivity contribution in [1.82, 2.24) is 9.71 Å². The van der Waals surface area contributed by atoms with Crippen LogP contribution in [0.5, 0.6) is 0 Å². The lowest BCUT2D eigenvalue weighted by atomic mass is 10.4. The highest BCUT2D eigenvalue weighted by atomic mass is 35.5. The van der Waals surface area contributed by atoms with Crippen molar-refractivity contribution < 1.29 is 8.42 Å². The molecule has 0 aliphatic heterocycles. The maximum absolute atomic E-state index is 11.3. The zero-order valence-corrected chi connectivity index (χ0v) is 13.7. The molecule has 0 aromatic carbocycles.